The Morgan fingerprint density at radius 3 is 2.19 bits per heavy atom. The van der Waals surface area contributed by atoms with Gasteiger partial charge in [-0.2, -0.15) is 0 Å². The lowest BCUT2D eigenvalue weighted by Gasteiger charge is -2.33. The highest BCUT2D eigenvalue weighted by molar-refractivity contribution is 5.78. The second kappa shape index (κ2) is 11.0. The van der Waals surface area contributed by atoms with E-state index in [0.717, 1.165) is 61.7 Å². The molecule has 0 saturated carbocycles. The Labute approximate surface area is 185 Å². The first-order chi connectivity index (χ1) is 15.0. The van der Waals surface area contributed by atoms with Crippen LogP contribution in [0.15, 0.2) is 42.5 Å². The van der Waals surface area contributed by atoms with E-state index in [9.17, 15) is 4.79 Å². The van der Waals surface area contributed by atoms with Crippen LogP contribution in [0.5, 0.6) is 17.2 Å². The normalized spacial score (nSPS) is 14.8. The standard InChI is InChI=1S/C25H34N2O4/c1-26(14-11-19-7-10-23(30-3)24(17-19)31-4)25(28)21-12-15-27(16-13-21)18-20-5-8-22(29-2)9-6-20/h5-10,17,21H,11-16,18H2,1-4H3. The van der Waals surface area contributed by atoms with E-state index in [1.54, 1.807) is 21.3 Å². The zero-order valence-corrected chi connectivity index (χ0v) is 19.1. The van der Waals surface area contributed by atoms with Crippen molar-refractivity contribution in [1.82, 2.24) is 9.80 Å². The molecule has 1 amide bonds. The van der Waals surface area contributed by atoms with Crippen LogP contribution in [0.25, 0.3) is 0 Å². The fourth-order valence-corrected chi connectivity index (χ4v) is 4.08. The zero-order chi connectivity index (χ0) is 22.2. The van der Waals surface area contributed by atoms with Crippen molar-refractivity contribution in [3.05, 3.63) is 53.6 Å². The molecule has 0 spiro atoms. The summed E-state index contributed by atoms with van der Waals surface area (Å²) >= 11 is 0. The molecule has 6 nitrogen and oxygen atoms in total. The van der Waals surface area contributed by atoms with Gasteiger partial charge >= 0.3 is 0 Å². The molecule has 2 aromatic carbocycles. The van der Waals surface area contributed by atoms with Crippen molar-refractivity contribution >= 4 is 5.91 Å². The summed E-state index contributed by atoms with van der Waals surface area (Å²) in [6.07, 6.45) is 2.62. The third-order valence-corrected chi connectivity index (χ3v) is 6.06. The van der Waals surface area contributed by atoms with E-state index in [0.29, 0.717) is 6.54 Å². The number of nitrogens with zero attached hydrogens (tertiary/aromatic N) is 2. The summed E-state index contributed by atoms with van der Waals surface area (Å²) < 4.78 is 15.9. The molecule has 3 rings (SSSR count). The minimum Gasteiger partial charge on any atom is -0.497 e. The SMILES string of the molecule is COc1ccc(CN2CCC(C(=O)N(C)CCc3ccc(OC)c(OC)c3)CC2)cc1. The Bertz CT molecular complexity index is 845. The number of carbonyl (C=O) groups is 1. The number of methoxy groups -OCH3 is 3. The number of likely N-dealkylation sites (N-methyl/N-ethyl adjacent to an activating group) is 1. The van der Waals surface area contributed by atoms with Crippen molar-refractivity contribution < 1.29 is 19.0 Å². The Hall–Kier alpha value is -2.73. The van der Waals surface area contributed by atoms with Crippen LogP contribution in [0.1, 0.15) is 24.0 Å². The van der Waals surface area contributed by atoms with Crippen LogP contribution < -0.4 is 14.2 Å². The first-order valence-electron chi connectivity index (χ1n) is 10.8. The highest BCUT2D eigenvalue weighted by Crippen LogP contribution is 2.28. The van der Waals surface area contributed by atoms with Crippen LogP contribution >= 0.6 is 0 Å². The van der Waals surface area contributed by atoms with E-state index >= 15 is 0 Å². The lowest BCUT2D eigenvalue weighted by molar-refractivity contribution is -0.135. The molecule has 0 radical (unpaired) electrons. The molecule has 6 heteroatoms. The van der Waals surface area contributed by atoms with Gasteiger partial charge in [-0.25, -0.2) is 0 Å². The smallest absolute Gasteiger partial charge is 0.225 e. The molecule has 1 heterocycles. The van der Waals surface area contributed by atoms with Crippen molar-refractivity contribution in [1.29, 1.82) is 0 Å². The number of hydrogen-bond donors (Lipinski definition) is 0. The van der Waals surface area contributed by atoms with E-state index in [1.165, 1.54) is 5.56 Å². The molecular weight excluding hydrogens is 392 g/mol. The topological polar surface area (TPSA) is 51.2 Å². The fourth-order valence-electron chi connectivity index (χ4n) is 4.08. The number of benzene rings is 2. The van der Waals surface area contributed by atoms with Crippen molar-refractivity contribution in [2.24, 2.45) is 5.92 Å². The molecule has 0 N–H and O–H groups in total. The first-order valence-corrected chi connectivity index (χ1v) is 10.8. The summed E-state index contributed by atoms with van der Waals surface area (Å²) in [6.45, 7) is 3.51. The summed E-state index contributed by atoms with van der Waals surface area (Å²) in [5.74, 6) is 2.69. The maximum Gasteiger partial charge on any atom is 0.225 e. The zero-order valence-electron chi connectivity index (χ0n) is 19.1. The summed E-state index contributed by atoms with van der Waals surface area (Å²) in [6, 6.07) is 14.1. The summed E-state index contributed by atoms with van der Waals surface area (Å²) in [4.78, 5) is 17.2. The average molecular weight is 427 g/mol. The molecule has 1 aliphatic rings. The van der Waals surface area contributed by atoms with Gasteiger partial charge in [-0.05, 0) is 67.7 Å². The van der Waals surface area contributed by atoms with Gasteiger partial charge in [0.15, 0.2) is 11.5 Å². The van der Waals surface area contributed by atoms with Crippen molar-refractivity contribution in [2.45, 2.75) is 25.8 Å². The van der Waals surface area contributed by atoms with Gasteiger partial charge in [-0.3, -0.25) is 9.69 Å². The third kappa shape index (κ3) is 6.14. The van der Waals surface area contributed by atoms with E-state index in [4.69, 9.17) is 14.2 Å². The lowest BCUT2D eigenvalue weighted by Crippen LogP contribution is -2.41. The average Bonchev–Trinajstić information content (AvgIpc) is 2.82. The molecule has 2 aromatic rings. The number of likely N-dealkylation sites (tertiary alicyclic amines) is 1. The highest BCUT2D eigenvalue weighted by atomic mass is 16.5. The first kappa shape index (κ1) is 22.9. The Morgan fingerprint density at radius 2 is 1.58 bits per heavy atom. The number of piperidine rings is 1. The maximum absolute atomic E-state index is 12.9. The quantitative estimate of drug-likeness (QED) is 0.613. The molecule has 0 aromatic heterocycles. The van der Waals surface area contributed by atoms with Crippen LogP contribution in [0.3, 0.4) is 0 Å². The molecule has 1 aliphatic heterocycles. The highest BCUT2D eigenvalue weighted by Gasteiger charge is 2.27. The minimum absolute atomic E-state index is 0.113. The van der Waals surface area contributed by atoms with Gasteiger partial charge in [0.1, 0.15) is 5.75 Å². The van der Waals surface area contributed by atoms with Gasteiger partial charge in [-0.15, -0.1) is 0 Å². The summed E-state index contributed by atoms with van der Waals surface area (Å²) in [5.41, 5.74) is 2.41. The van der Waals surface area contributed by atoms with Crippen LogP contribution in [-0.2, 0) is 17.8 Å². The van der Waals surface area contributed by atoms with E-state index in [2.05, 4.69) is 17.0 Å². The number of carbonyl (C=O) groups excluding carboxylic acids is 1. The predicted molar refractivity (Wildman–Crippen MR) is 122 cm³/mol. The van der Waals surface area contributed by atoms with Crippen LogP contribution in [0.2, 0.25) is 0 Å². The molecule has 1 fully saturated rings. The fraction of sp³-hybridized carbons (Fsp3) is 0.480. The number of ether oxygens (including phenoxy) is 3. The lowest BCUT2D eigenvalue weighted by atomic mass is 9.95. The van der Waals surface area contributed by atoms with Gasteiger partial charge in [0.2, 0.25) is 5.91 Å². The molecule has 0 aliphatic carbocycles. The molecule has 1 saturated heterocycles. The predicted octanol–water partition coefficient (Wildman–Crippen LogP) is 3.63. The van der Waals surface area contributed by atoms with Gasteiger partial charge in [0, 0.05) is 26.1 Å². The minimum atomic E-state index is 0.113. The third-order valence-electron chi connectivity index (χ3n) is 6.06. The number of rotatable bonds is 9. The molecule has 0 atom stereocenters. The maximum atomic E-state index is 12.9. The van der Waals surface area contributed by atoms with Gasteiger partial charge in [-0.1, -0.05) is 18.2 Å². The van der Waals surface area contributed by atoms with Crippen LogP contribution in [0, 0.1) is 5.92 Å². The van der Waals surface area contributed by atoms with Crippen molar-refractivity contribution in [3.8, 4) is 17.2 Å². The van der Waals surface area contributed by atoms with E-state index < -0.39 is 0 Å². The molecule has 168 valence electrons. The van der Waals surface area contributed by atoms with Gasteiger partial charge in [0.25, 0.3) is 0 Å². The largest absolute Gasteiger partial charge is 0.497 e. The second-order valence-electron chi connectivity index (χ2n) is 8.10. The van der Waals surface area contributed by atoms with Crippen molar-refractivity contribution in [2.75, 3.05) is 48.0 Å². The van der Waals surface area contributed by atoms with E-state index in [-0.39, 0.29) is 11.8 Å². The van der Waals surface area contributed by atoms with Crippen LogP contribution in [0.4, 0.5) is 0 Å². The van der Waals surface area contributed by atoms with Crippen molar-refractivity contribution in [3.63, 3.8) is 0 Å². The second-order valence-corrected chi connectivity index (χ2v) is 8.10. The Morgan fingerprint density at radius 1 is 0.935 bits per heavy atom. The summed E-state index contributed by atoms with van der Waals surface area (Å²) in [5, 5.41) is 0. The van der Waals surface area contributed by atoms with E-state index in [1.807, 2.05) is 42.3 Å². The molecule has 0 bridgehead atoms. The van der Waals surface area contributed by atoms with Gasteiger partial charge < -0.3 is 19.1 Å². The Balaban J connectivity index is 1.45. The molecule has 31 heavy (non-hydrogen) atoms. The van der Waals surface area contributed by atoms with Crippen LogP contribution in [-0.4, -0.2) is 63.7 Å². The number of hydrogen-bond acceptors (Lipinski definition) is 5. The number of amides is 1. The summed E-state index contributed by atoms with van der Waals surface area (Å²) in [7, 11) is 6.86. The van der Waals surface area contributed by atoms with Gasteiger partial charge in [0.05, 0.1) is 21.3 Å². The molecule has 0 unspecified atom stereocenters. The monoisotopic (exact) mass is 426 g/mol. The Kier molecular flexibility index (Phi) is 8.18. The molecular formula is C25H34N2O4.